The van der Waals surface area contributed by atoms with Crippen molar-refractivity contribution in [2.24, 2.45) is 5.92 Å². The molecular weight excluding hydrogens is 367 g/mol. The van der Waals surface area contributed by atoms with E-state index in [4.69, 9.17) is 28.3 Å². The summed E-state index contributed by atoms with van der Waals surface area (Å²) in [6.07, 6.45) is 1.02. The van der Waals surface area contributed by atoms with E-state index in [0.717, 1.165) is 5.56 Å². The van der Waals surface area contributed by atoms with Gasteiger partial charge in [-0.2, -0.15) is 0 Å². The van der Waals surface area contributed by atoms with Gasteiger partial charge in [-0.15, -0.1) is 0 Å². The Morgan fingerprint density at radius 1 is 1.20 bits per heavy atom. The van der Waals surface area contributed by atoms with Crippen LogP contribution in [-0.2, 0) is 20.8 Å². The van der Waals surface area contributed by atoms with E-state index < -0.39 is 11.9 Å². The number of carboxylic acid groups (broad SMARTS) is 1. The summed E-state index contributed by atoms with van der Waals surface area (Å²) < 4.78 is 0. The number of benzene rings is 1. The Morgan fingerprint density at radius 2 is 1.84 bits per heavy atom. The molecule has 1 saturated heterocycles. The SMILES string of the molecule is CN(CC(=O)N1CCC(C(=O)O)CC1)C(=O)Cc1ccc(Cl)c(Cl)c1. The van der Waals surface area contributed by atoms with Crippen LogP contribution in [0.15, 0.2) is 18.2 Å². The average molecular weight is 387 g/mol. The van der Waals surface area contributed by atoms with Crippen molar-refractivity contribution in [3.8, 4) is 0 Å². The topological polar surface area (TPSA) is 77.9 Å². The van der Waals surface area contributed by atoms with Crippen molar-refractivity contribution in [1.82, 2.24) is 9.80 Å². The number of amides is 2. The average Bonchev–Trinajstić information content (AvgIpc) is 2.58. The minimum absolute atomic E-state index is 0.0299. The third kappa shape index (κ3) is 5.34. The van der Waals surface area contributed by atoms with Gasteiger partial charge in [0.1, 0.15) is 0 Å². The molecule has 0 aliphatic carbocycles. The highest BCUT2D eigenvalue weighted by Gasteiger charge is 2.27. The fraction of sp³-hybridized carbons (Fsp3) is 0.471. The van der Waals surface area contributed by atoms with Gasteiger partial charge in [0, 0.05) is 20.1 Å². The molecule has 0 aromatic heterocycles. The number of likely N-dealkylation sites (N-methyl/N-ethyl adjacent to an activating group) is 1. The monoisotopic (exact) mass is 386 g/mol. The Morgan fingerprint density at radius 3 is 2.40 bits per heavy atom. The Kier molecular flexibility index (Phi) is 6.67. The normalized spacial score (nSPS) is 15.1. The van der Waals surface area contributed by atoms with Gasteiger partial charge < -0.3 is 14.9 Å². The van der Waals surface area contributed by atoms with Crippen LogP contribution < -0.4 is 0 Å². The minimum Gasteiger partial charge on any atom is -0.481 e. The zero-order valence-electron chi connectivity index (χ0n) is 13.9. The molecule has 2 amide bonds. The summed E-state index contributed by atoms with van der Waals surface area (Å²) in [5, 5.41) is 9.79. The van der Waals surface area contributed by atoms with Gasteiger partial charge in [0.25, 0.3) is 0 Å². The number of carboxylic acids is 1. The highest BCUT2D eigenvalue weighted by atomic mass is 35.5. The van der Waals surface area contributed by atoms with Crippen LogP contribution in [0.4, 0.5) is 0 Å². The zero-order valence-corrected chi connectivity index (χ0v) is 15.4. The molecular formula is C17H20Cl2N2O4. The second-order valence-corrected chi connectivity index (χ2v) is 6.98. The summed E-state index contributed by atoms with van der Waals surface area (Å²) in [5.41, 5.74) is 0.723. The molecule has 25 heavy (non-hydrogen) atoms. The summed E-state index contributed by atoms with van der Waals surface area (Å²) in [4.78, 5) is 38.5. The summed E-state index contributed by atoms with van der Waals surface area (Å²) in [5.74, 6) is -1.58. The largest absolute Gasteiger partial charge is 0.481 e. The molecule has 2 rings (SSSR count). The van der Waals surface area contributed by atoms with Crippen molar-refractivity contribution in [2.45, 2.75) is 19.3 Å². The van der Waals surface area contributed by atoms with Gasteiger partial charge in [0.05, 0.1) is 28.9 Å². The summed E-state index contributed by atoms with van der Waals surface area (Å²) >= 11 is 11.8. The van der Waals surface area contributed by atoms with Crippen molar-refractivity contribution in [2.75, 3.05) is 26.7 Å². The standard InChI is InChI=1S/C17H20Cl2N2O4/c1-20(15(22)9-11-2-3-13(18)14(19)8-11)10-16(23)21-6-4-12(5-7-21)17(24)25/h2-3,8,12H,4-7,9-10H2,1H3,(H,24,25). The highest BCUT2D eigenvalue weighted by molar-refractivity contribution is 6.42. The molecule has 1 fully saturated rings. The van der Waals surface area contributed by atoms with Crippen LogP contribution in [0.2, 0.25) is 10.0 Å². The fourth-order valence-electron chi connectivity index (χ4n) is 2.73. The van der Waals surface area contributed by atoms with E-state index in [1.807, 2.05) is 0 Å². The Bertz CT molecular complexity index is 673. The second kappa shape index (κ2) is 8.54. The predicted molar refractivity (Wildman–Crippen MR) is 94.7 cm³/mol. The fourth-order valence-corrected chi connectivity index (χ4v) is 3.05. The van der Waals surface area contributed by atoms with E-state index >= 15 is 0 Å². The lowest BCUT2D eigenvalue weighted by molar-refractivity contribution is -0.146. The van der Waals surface area contributed by atoms with E-state index in [1.165, 1.54) is 4.90 Å². The number of hydrogen-bond acceptors (Lipinski definition) is 3. The molecule has 1 aromatic carbocycles. The molecule has 1 aliphatic heterocycles. The first kappa shape index (κ1) is 19.5. The lowest BCUT2D eigenvalue weighted by Crippen LogP contribution is -2.45. The Hall–Kier alpha value is -1.79. The van der Waals surface area contributed by atoms with Crippen molar-refractivity contribution in [3.63, 3.8) is 0 Å². The van der Waals surface area contributed by atoms with Gasteiger partial charge in [0.2, 0.25) is 11.8 Å². The van der Waals surface area contributed by atoms with Gasteiger partial charge in [-0.05, 0) is 30.5 Å². The van der Waals surface area contributed by atoms with E-state index in [1.54, 1.807) is 30.1 Å². The van der Waals surface area contributed by atoms with Gasteiger partial charge in [-0.3, -0.25) is 14.4 Å². The molecule has 0 spiro atoms. The van der Waals surface area contributed by atoms with Crippen LogP contribution in [0.5, 0.6) is 0 Å². The van der Waals surface area contributed by atoms with Crippen LogP contribution in [0.1, 0.15) is 18.4 Å². The quantitative estimate of drug-likeness (QED) is 0.841. The third-order valence-corrected chi connectivity index (χ3v) is 5.07. The molecule has 0 radical (unpaired) electrons. The maximum atomic E-state index is 12.3. The van der Waals surface area contributed by atoms with Crippen LogP contribution in [-0.4, -0.2) is 59.4 Å². The smallest absolute Gasteiger partial charge is 0.306 e. The van der Waals surface area contributed by atoms with E-state index in [9.17, 15) is 14.4 Å². The predicted octanol–water partition coefficient (Wildman–Crippen LogP) is 2.32. The zero-order chi connectivity index (χ0) is 18.6. The van der Waals surface area contributed by atoms with Crippen LogP contribution in [0, 0.1) is 5.92 Å². The summed E-state index contributed by atoms with van der Waals surface area (Å²) in [6, 6.07) is 4.98. The van der Waals surface area contributed by atoms with Crippen LogP contribution in [0.25, 0.3) is 0 Å². The number of likely N-dealkylation sites (tertiary alicyclic amines) is 1. The molecule has 136 valence electrons. The van der Waals surface area contributed by atoms with Crippen LogP contribution >= 0.6 is 23.2 Å². The lowest BCUT2D eigenvalue weighted by atomic mass is 9.97. The number of hydrogen-bond donors (Lipinski definition) is 1. The number of carbonyl (C=O) groups is 3. The van der Waals surface area contributed by atoms with E-state index in [2.05, 4.69) is 0 Å². The van der Waals surface area contributed by atoms with Gasteiger partial charge in [-0.1, -0.05) is 29.3 Å². The Balaban J connectivity index is 1.85. The molecule has 0 atom stereocenters. The van der Waals surface area contributed by atoms with Crippen molar-refractivity contribution < 1.29 is 19.5 Å². The number of carbonyl (C=O) groups excluding carboxylic acids is 2. The molecule has 0 saturated carbocycles. The minimum atomic E-state index is -0.818. The number of piperidine rings is 1. The van der Waals surface area contributed by atoms with Crippen molar-refractivity contribution >= 4 is 41.0 Å². The van der Waals surface area contributed by atoms with Gasteiger partial charge >= 0.3 is 5.97 Å². The van der Waals surface area contributed by atoms with E-state index in [-0.39, 0.29) is 24.8 Å². The number of aliphatic carboxylic acids is 1. The van der Waals surface area contributed by atoms with Crippen molar-refractivity contribution in [3.05, 3.63) is 33.8 Å². The molecule has 8 heteroatoms. The first-order valence-corrected chi connectivity index (χ1v) is 8.72. The highest BCUT2D eigenvalue weighted by Crippen LogP contribution is 2.23. The first-order valence-electron chi connectivity index (χ1n) is 7.96. The molecule has 0 bridgehead atoms. The third-order valence-electron chi connectivity index (χ3n) is 4.33. The summed E-state index contributed by atoms with van der Waals surface area (Å²) in [7, 11) is 1.57. The molecule has 1 heterocycles. The molecule has 1 aromatic rings. The van der Waals surface area contributed by atoms with Crippen LogP contribution in [0.3, 0.4) is 0 Å². The van der Waals surface area contributed by atoms with Crippen molar-refractivity contribution in [1.29, 1.82) is 0 Å². The number of nitrogens with zero attached hydrogens (tertiary/aromatic N) is 2. The molecule has 6 nitrogen and oxygen atoms in total. The molecule has 1 N–H and O–H groups in total. The van der Waals surface area contributed by atoms with Gasteiger partial charge in [0.15, 0.2) is 0 Å². The first-order chi connectivity index (χ1) is 11.8. The Labute approximate surface area is 156 Å². The maximum Gasteiger partial charge on any atom is 0.306 e. The molecule has 1 aliphatic rings. The molecule has 0 unspecified atom stereocenters. The van der Waals surface area contributed by atoms with Gasteiger partial charge in [-0.25, -0.2) is 0 Å². The lowest BCUT2D eigenvalue weighted by Gasteiger charge is -2.31. The van der Waals surface area contributed by atoms with E-state index in [0.29, 0.717) is 36.0 Å². The number of halogens is 2. The summed E-state index contributed by atoms with van der Waals surface area (Å²) in [6.45, 7) is 0.785. The number of rotatable bonds is 5. The maximum absolute atomic E-state index is 12.3. The second-order valence-electron chi connectivity index (χ2n) is 6.17.